The van der Waals surface area contributed by atoms with Crippen LogP contribution >= 0.6 is 34.8 Å². The number of hydrogen-bond donors (Lipinski definition) is 1. The van der Waals surface area contributed by atoms with Crippen LogP contribution in [-0.2, 0) is 26.3 Å². The van der Waals surface area contributed by atoms with Gasteiger partial charge in [-0.05, 0) is 73.0 Å². The van der Waals surface area contributed by atoms with Gasteiger partial charge >= 0.3 is 0 Å². The van der Waals surface area contributed by atoms with Gasteiger partial charge in [0.05, 0.1) is 24.7 Å². The SMILES string of the molecule is Cc1ccc(S(=O)(=O)c2ccc(Cl)cc2)cc1S(=O)(=O)NCCc1ccc(Cl)c(Cl)c1. The van der Waals surface area contributed by atoms with E-state index in [9.17, 15) is 16.8 Å². The lowest BCUT2D eigenvalue weighted by Gasteiger charge is -2.12. The first-order valence-corrected chi connectivity index (χ1v) is 13.2. The topological polar surface area (TPSA) is 80.3 Å². The van der Waals surface area contributed by atoms with Crippen LogP contribution in [-0.4, -0.2) is 23.4 Å². The highest BCUT2D eigenvalue weighted by Crippen LogP contribution is 2.26. The first-order valence-electron chi connectivity index (χ1n) is 9.05. The summed E-state index contributed by atoms with van der Waals surface area (Å²) in [5.41, 5.74) is 1.24. The van der Waals surface area contributed by atoms with Crippen LogP contribution in [0.3, 0.4) is 0 Å². The van der Waals surface area contributed by atoms with Gasteiger partial charge < -0.3 is 0 Å². The van der Waals surface area contributed by atoms with Crippen LogP contribution in [0.1, 0.15) is 11.1 Å². The lowest BCUT2D eigenvalue weighted by atomic mass is 10.1. The number of hydrogen-bond acceptors (Lipinski definition) is 4. The zero-order valence-corrected chi connectivity index (χ0v) is 20.2. The summed E-state index contributed by atoms with van der Waals surface area (Å²) in [6, 6.07) is 14.8. The summed E-state index contributed by atoms with van der Waals surface area (Å²) in [5.74, 6) is 0. The average molecular weight is 519 g/mol. The Morgan fingerprint density at radius 1 is 0.774 bits per heavy atom. The molecule has 0 aliphatic carbocycles. The Morgan fingerprint density at radius 3 is 2.06 bits per heavy atom. The lowest BCUT2D eigenvalue weighted by molar-refractivity contribution is 0.580. The third-order valence-electron chi connectivity index (χ3n) is 4.57. The van der Waals surface area contributed by atoms with E-state index in [1.165, 1.54) is 42.5 Å². The fraction of sp³-hybridized carbons (Fsp3) is 0.143. The Hall–Kier alpha value is -1.61. The molecule has 5 nitrogen and oxygen atoms in total. The molecule has 3 rings (SSSR count). The van der Waals surface area contributed by atoms with Crippen LogP contribution in [0, 0.1) is 6.92 Å². The van der Waals surface area contributed by atoms with Crippen LogP contribution < -0.4 is 4.72 Å². The summed E-state index contributed by atoms with van der Waals surface area (Å²) in [4.78, 5) is -0.196. The molecule has 0 fully saturated rings. The third-order valence-corrected chi connectivity index (χ3v) is 8.93. The molecule has 0 spiro atoms. The Kier molecular flexibility index (Phi) is 7.35. The number of sulfonamides is 1. The largest absolute Gasteiger partial charge is 0.240 e. The van der Waals surface area contributed by atoms with Crippen LogP contribution in [0.5, 0.6) is 0 Å². The third kappa shape index (κ3) is 5.61. The van der Waals surface area contributed by atoms with Crippen molar-refractivity contribution in [2.24, 2.45) is 0 Å². The van der Waals surface area contributed by atoms with E-state index in [2.05, 4.69) is 4.72 Å². The number of rotatable bonds is 7. The van der Waals surface area contributed by atoms with Crippen molar-refractivity contribution >= 4 is 54.7 Å². The molecular formula is C21H18Cl3NO4S2. The maximum atomic E-state index is 12.9. The van der Waals surface area contributed by atoms with Gasteiger partial charge in [0.1, 0.15) is 0 Å². The smallest absolute Gasteiger partial charge is 0.219 e. The quantitative estimate of drug-likeness (QED) is 0.460. The van der Waals surface area contributed by atoms with E-state index in [0.29, 0.717) is 27.1 Å². The normalized spacial score (nSPS) is 12.1. The summed E-state index contributed by atoms with van der Waals surface area (Å²) in [6.07, 6.45) is 0.387. The van der Waals surface area contributed by atoms with Gasteiger partial charge in [-0.25, -0.2) is 21.6 Å². The van der Waals surface area contributed by atoms with Gasteiger partial charge in [0.2, 0.25) is 19.9 Å². The van der Waals surface area contributed by atoms with Crippen molar-refractivity contribution < 1.29 is 16.8 Å². The predicted molar refractivity (Wildman–Crippen MR) is 123 cm³/mol. The Labute approximate surface area is 196 Å². The fourth-order valence-electron chi connectivity index (χ4n) is 2.89. The van der Waals surface area contributed by atoms with Gasteiger partial charge in [-0.1, -0.05) is 46.9 Å². The molecule has 0 aromatic heterocycles. The minimum absolute atomic E-state index is 0.0247. The molecule has 0 atom stereocenters. The van der Waals surface area contributed by atoms with E-state index < -0.39 is 19.9 Å². The van der Waals surface area contributed by atoms with Crippen molar-refractivity contribution in [3.8, 4) is 0 Å². The molecule has 10 heteroatoms. The van der Waals surface area contributed by atoms with Crippen LogP contribution in [0.2, 0.25) is 15.1 Å². The van der Waals surface area contributed by atoms with Crippen LogP contribution in [0.4, 0.5) is 0 Å². The Bertz CT molecular complexity index is 1320. The highest BCUT2D eigenvalue weighted by atomic mass is 35.5. The van der Waals surface area contributed by atoms with Crippen molar-refractivity contribution in [2.45, 2.75) is 28.0 Å². The van der Waals surface area contributed by atoms with Crippen molar-refractivity contribution in [1.82, 2.24) is 4.72 Å². The molecule has 31 heavy (non-hydrogen) atoms. The maximum absolute atomic E-state index is 12.9. The number of benzene rings is 3. The standard InChI is InChI=1S/C21H18Cl3NO4S2/c1-14-2-6-18(30(26,27)17-7-4-16(22)5-8-17)13-21(14)31(28,29)25-11-10-15-3-9-19(23)20(24)12-15/h2-9,12-13,25H,10-11H2,1H3. The lowest BCUT2D eigenvalue weighted by Crippen LogP contribution is -2.27. The molecule has 0 unspecified atom stereocenters. The number of aryl methyl sites for hydroxylation is 1. The van der Waals surface area contributed by atoms with Crippen LogP contribution in [0.15, 0.2) is 75.4 Å². The summed E-state index contributed by atoms with van der Waals surface area (Å²) >= 11 is 17.7. The first kappa shape index (κ1) is 24.0. The zero-order valence-electron chi connectivity index (χ0n) is 16.3. The van der Waals surface area contributed by atoms with E-state index in [1.54, 1.807) is 25.1 Å². The van der Waals surface area contributed by atoms with Crippen molar-refractivity contribution in [2.75, 3.05) is 6.54 Å². The van der Waals surface area contributed by atoms with Gasteiger partial charge in [-0.3, -0.25) is 0 Å². The second kappa shape index (κ2) is 9.48. The molecule has 0 aliphatic heterocycles. The second-order valence-corrected chi connectivity index (χ2v) is 11.7. The zero-order chi connectivity index (χ0) is 22.8. The second-order valence-electron chi connectivity index (χ2n) is 6.78. The summed E-state index contributed by atoms with van der Waals surface area (Å²) in [5, 5.41) is 1.20. The molecular weight excluding hydrogens is 501 g/mol. The first-order chi connectivity index (χ1) is 14.5. The molecule has 3 aromatic rings. The molecule has 0 amide bonds. The number of sulfone groups is 1. The molecule has 0 heterocycles. The van der Waals surface area contributed by atoms with E-state index in [4.69, 9.17) is 34.8 Å². The molecule has 164 valence electrons. The summed E-state index contributed by atoms with van der Waals surface area (Å²) in [7, 11) is -7.85. The monoisotopic (exact) mass is 517 g/mol. The predicted octanol–water partition coefficient (Wildman–Crippen LogP) is 5.31. The fourth-order valence-corrected chi connectivity index (χ4v) is 6.00. The van der Waals surface area contributed by atoms with Gasteiger partial charge in [0.25, 0.3) is 0 Å². The van der Waals surface area contributed by atoms with Crippen molar-refractivity contribution in [3.63, 3.8) is 0 Å². The highest BCUT2D eigenvalue weighted by Gasteiger charge is 2.23. The minimum Gasteiger partial charge on any atom is -0.219 e. The van der Waals surface area contributed by atoms with Crippen LogP contribution in [0.25, 0.3) is 0 Å². The molecule has 0 radical (unpaired) electrons. The number of nitrogens with one attached hydrogen (secondary N) is 1. The van der Waals surface area contributed by atoms with E-state index >= 15 is 0 Å². The molecule has 0 saturated carbocycles. The summed E-state index contributed by atoms with van der Waals surface area (Å²) < 4.78 is 54.0. The maximum Gasteiger partial charge on any atom is 0.240 e. The minimum atomic E-state index is -3.95. The summed E-state index contributed by atoms with van der Waals surface area (Å²) in [6.45, 7) is 1.71. The van der Waals surface area contributed by atoms with Crippen molar-refractivity contribution in [1.29, 1.82) is 0 Å². The Morgan fingerprint density at radius 2 is 1.42 bits per heavy atom. The van der Waals surface area contributed by atoms with Crippen molar-refractivity contribution in [3.05, 3.63) is 86.9 Å². The van der Waals surface area contributed by atoms with Gasteiger partial charge in [0.15, 0.2) is 0 Å². The number of halogens is 3. The molecule has 0 bridgehead atoms. The molecule has 0 aliphatic rings. The molecule has 3 aromatic carbocycles. The molecule has 0 saturated heterocycles. The van der Waals surface area contributed by atoms with Gasteiger partial charge in [-0.2, -0.15) is 0 Å². The van der Waals surface area contributed by atoms with E-state index in [1.807, 2.05) is 0 Å². The van der Waals surface area contributed by atoms with E-state index in [-0.39, 0.29) is 21.2 Å². The van der Waals surface area contributed by atoms with Gasteiger partial charge in [-0.15, -0.1) is 0 Å². The average Bonchev–Trinajstić information content (AvgIpc) is 2.71. The molecule has 1 N–H and O–H groups in total. The Balaban J connectivity index is 1.84. The van der Waals surface area contributed by atoms with E-state index in [0.717, 1.165) is 5.56 Å². The van der Waals surface area contributed by atoms with Gasteiger partial charge in [0, 0.05) is 11.6 Å². The highest BCUT2D eigenvalue weighted by molar-refractivity contribution is 7.91.